The summed E-state index contributed by atoms with van der Waals surface area (Å²) in [5, 5.41) is 9.15. The summed E-state index contributed by atoms with van der Waals surface area (Å²) in [5.74, 6) is 0.729. The molecule has 1 aliphatic heterocycles. The predicted molar refractivity (Wildman–Crippen MR) is 61.1 cm³/mol. The molecule has 0 bridgehead atoms. The van der Waals surface area contributed by atoms with Crippen LogP contribution in [0, 0.1) is 18.8 Å². The van der Waals surface area contributed by atoms with Gasteiger partial charge in [-0.2, -0.15) is 0 Å². The van der Waals surface area contributed by atoms with Gasteiger partial charge in [0.05, 0.1) is 0 Å². The Hall–Kier alpha value is -0.860. The Morgan fingerprint density at radius 2 is 2.00 bits per heavy atom. The molecule has 0 aliphatic carbocycles. The van der Waals surface area contributed by atoms with Crippen LogP contribution in [0.3, 0.4) is 0 Å². The Bertz CT molecular complexity index is 299. The van der Waals surface area contributed by atoms with Gasteiger partial charge in [0.2, 0.25) is 0 Å². The molecule has 1 heterocycles. The Morgan fingerprint density at radius 3 is 2.60 bits per heavy atom. The van der Waals surface area contributed by atoms with E-state index in [9.17, 15) is 0 Å². The van der Waals surface area contributed by atoms with Crippen molar-refractivity contribution in [3.63, 3.8) is 0 Å². The van der Waals surface area contributed by atoms with Crippen molar-refractivity contribution in [1.82, 2.24) is 4.90 Å². The number of aliphatic hydroxyl groups is 1. The second-order valence-corrected chi connectivity index (χ2v) is 4.38. The van der Waals surface area contributed by atoms with Crippen LogP contribution in [-0.4, -0.2) is 29.7 Å². The second kappa shape index (κ2) is 4.77. The van der Waals surface area contributed by atoms with Crippen molar-refractivity contribution in [3.05, 3.63) is 42.8 Å². The van der Waals surface area contributed by atoms with Gasteiger partial charge in [-0.15, -0.1) is 0 Å². The fourth-order valence-corrected chi connectivity index (χ4v) is 2.21. The fourth-order valence-electron chi connectivity index (χ4n) is 2.21. The molecule has 1 saturated heterocycles. The first-order chi connectivity index (χ1) is 7.29. The van der Waals surface area contributed by atoms with E-state index in [1.165, 1.54) is 5.56 Å². The van der Waals surface area contributed by atoms with Crippen molar-refractivity contribution in [2.45, 2.75) is 6.54 Å². The zero-order valence-electron chi connectivity index (χ0n) is 8.97. The van der Waals surface area contributed by atoms with Crippen LogP contribution >= 0.6 is 0 Å². The highest BCUT2D eigenvalue weighted by molar-refractivity contribution is 5.14. The lowest BCUT2D eigenvalue weighted by Crippen LogP contribution is -2.20. The van der Waals surface area contributed by atoms with Crippen molar-refractivity contribution >= 4 is 0 Å². The van der Waals surface area contributed by atoms with E-state index >= 15 is 0 Å². The van der Waals surface area contributed by atoms with E-state index in [-0.39, 0.29) is 6.61 Å². The lowest BCUT2D eigenvalue weighted by atomic mass is 10.00. The summed E-state index contributed by atoms with van der Waals surface area (Å²) >= 11 is 0. The molecule has 81 valence electrons. The molecule has 2 atom stereocenters. The number of benzene rings is 1. The quantitative estimate of drug-likeness (QED) is 0.807. The summed E-state index contributed by atoms with van der Waals surface area (Å²) in [6, 6.07) is 10.5. The van der Waals surface area contributed by atoms with Crippen LogP contribution in [-0.2, 0) is 6.54 Å². The molecule has 2 unspecified atom stereocenters. The number of rotatable bonds is 3. The van der Waals surface area contributed by atoms with Crippen LogP contribution in [0.1, 0.15) is 5.56 Å². The van der Waals surface area contributed by atoms with E-state index in [0.29, 0.717) is 11.8 Å². The molecule has 2 nitrogen and oxygen atoms in total. The molecule has 0 amide bonds. The lowest BCUT2D eigenvalue weighted by Gasteiger charge is -2.15. The summed E-state index contributed by atoms with van der Waals surface area (Å²) in [5.41, 5.74) is 1.34. The molecular weight excluding hydrogens is 186 g/mol. The third-order valence-corrected chi connectivity index (χ3v) is 3.14. The molecule has 1 aromatic carbocycles. The van der Waals surface area contributed by atoms with Crippen LogP contribution in [0.4, 0.5) is 0 Å². The fraction of sp³-hybridized carbons (Fsp3) is 0.462. The van der Waals surface area contributed by atoms with Crippen molar-refractivity contribution in [2.24, 2.45) is 11.8 Å². The number of nitrogens with zero attached hydrogens (tertiary/aromatic N) is 1. The molecule has 1 N–H and O–H groups in total. The van der Waals surface area contributed by atoms with Crippen molar-refractivity contribution < 1.29 is 5.11 Å². The molecule has 1 aromatic rings. The standard InChI is InChI=1S/C13H18NO/c1-11-7-14(9-13(11)10-15)8-12-5-3-2-4-6-12/h2-6,11,13,15H,1,7-10H2. The minimum Gasteiger partial charge on any atom is -0.396 e. The predicted octanol–water partition coefficient (Wildman–Crippen LogP) is 1.56. The van der Waals surface area contributed by atoms with Crippen molar-refractivity contribution in [3.8, 4) is 0 Å². The van der Waals surface area contributed by atoms with E-state index in [2.05, 4.69) is 36.1 Å². The highest BCUT2D eigenvalue weighted by Gasteiger charge is 2.28. The first-order valence-electron chi connectivity index (χ1n) is 5.50. The maximum Gasteiger partial charge on any atom is 0.0474 e. The Kier molecular flexibility index (Phi) is 3.39. The molecule has 2 heteroatoms. The van der Waals surface area contributed by atoms with E-state index in [0.717, 1.165) is 19.6 Å². The minimum absolute atomic E-state index is 0.263. The Balaban J connectivity index is 1.92. The minimum atomic E-state index is 0.263. The van der Waals surface area contributed by atoms with Gasteiger partial charge in [0.25, 0.3) is 0 Å². The lowest BCUT2D eigenvalue weighted by molar-refractivity contribution is 0.209. The zero-order chi connectivity index (χ0) is 10.7. The largest absolute Gasteiger partial charge is 0.396 e. The zero-order valence-corrected chi connectivity index (χ0v) is 8.97. The molecule has 0 aromatic heterocycles. The van der Waals surface area contributed by atoms with Gasteiger partial charge in [-0.25, -0.2) is 0 Å². The normalized spacial score (nSPS) is 27.1. The van der Waals surface area contributed by atoms with Gasteiger partial charge in [-0.1, -0.05) is 30.3 Å². The third-order valence-electron chi connectivity index (χ3n) is 3.14. The summed E-state index contributed by atoms with van der Waals surface area (Å²) in [4.78, 5) is 2.37. The first-order valence-corrected chi connectivity index (χ1v) is 5.50. The number of hydrogen-bond acceptors (Lipinski definition) is 2. The van der Waals surface area contributed by atoms with Crippen molar-refractivity contribution in [1.29, 1.82) is 0 Å². The van der Waals surface area contributed by atoms with Gasteiger partial charge < -0.3 is 5.11 Å². The number of aliphatic hydroxyl groups excluding tert-OH is 1. The molecule has 0 spiro atoms. The van der Waals surface area contributed by atoms with Gasteiger partial charge in [-0.05, 0) is 24.3 Å². The Morgan fingerprint density at radius 1 is 1.27 bits per heavy atom. The third kappa shape index (κ3) is 2.58. The number of hydrogen-bond donors (Lipinski definition) is 1. The molecule has 1 aliphatic rings. The Labute approximate surface area is 91.5 Å². The average molecular weight is 204 g/mol. The van der Waals surface area contributed by atoms with E-state index in [1.807, 2.05) is 6.07 Å². The van der Waals surface area contributed by atoms with Gasteiger partial charge in [0.1, 0.15) is 0 Å². The molecule has 15 heavy (non-hydrogen) atoms. The molecule has 1 fully saturated rings. The van der Waals surface area contributed by atoms with E-state index < -0.39 is 0 Å². The van der Waals surface area contributed by atoms with Gasteiger partial charge in [-0.3, -0.25) is 4.90 Å². The molecule has 0 saturated carbocycles. The topological polar surface area (TPSA) is 23.5 Å². The van der Waals surface area contributed by atoms with Crippen molar-refractivity contribution in [2.75, 3.05) is 19.7 Å². The van der Waals surface area contributed by atoms with Crippen LogP contribution < -0.4 is 0 Å². The SMILES string of the molecule is [CH2]C1CN(Cc2ccccc2)CC1CO. The maximum absolute atomic E-state index is 9.15. The van der Waals surface area contributed by atoms with Crippen LogP contribution in [0.5, 0.6) is 0 Å². The van der Waals surface area contributed by atoms with Crippen LogP contribution in [0.15, 0.2) is 30.3 Å². The van der Waals surface area contributed by atoms with Gasteiger partial charge >= 0.3 is 0 Å². The second-order valence-electron chi connectivity index (χ2n) is 4.38. The van der Waals surface area contributed by atoms with Crippen LogP contribution in [0.2, 0.25) is 0 Å². The van der Waals surface area contributed by atoms with E-state index in [4.69, 9.17) is 5.11 Å². The van der Waals surface area contributed by atoms with Gasteiger partial charge in [0.15, 0.2) is 0 Å². The highest BCUT2D eigenvalue weighted by Crippen LogP contribution is 2.23. The maximum atomic E-state index is 9.15. The smallest absolute Gasteiger partial charge is 0.0474 e. The summed E-state index contributed by atoms with van der Waals surface area (Å²) in [6.45, 7) is 7.29. The summed E-state index contributed by atoms with van der Waals surface area (Å²) < 4.78 is 0. The van der Waals surface area contributed by atoms with E-state index in [1.54, 1.807) is 0 Å². The summed E-state index contributed by atoms with van der Waals surface area (Å²) in [7, 11) is 0. The first kappa shape index (κ1) is 10.7. The highest BCUT2D eigenvalue weighted by atomic mass is 16.3. The average Bonchev–Trinajstić information content (AvgIpc) is 2.60. The monoisotopic (exact) mass is 204 g/mol. The van der Waals surface area contributed by atoms with Crippen LogP contribution in [0.25, 0.3) is 0 Å². The molecular formula is C13H18NO. The summed E-state index contributed by atoms with van der Waals surface area (Å²) in [6.07, 6.45) is 0. The molecule has 2 rings (SSSR count). The van der Waals surface area contributed by atoms with Gasteiger partial charge in [0, 0.05) is 26.2 Å². The number of likely N-dealkylation sites (tertiary alicyclic amines) is 1. The molecule has 1 radical (unpaired) electrons.